The van der Waals surface area contributed by atoms with Gasteiger partial charge in [0.2, 0.25) is 0 Å². The number of nitrogens with two attached hydrogens (primary N) is 1. The molecule has 0 spiro atoms. The Morgan fingerprint density at radius 1 is 0.905 bits per heavy atom. The van der Waals surface area contributed by atoms with E-state index < -0.39 is 35.9 Å². The van der Waals surface area contributed by atoms with Gasteiger partial charge in [0.15, 0.2) is 29.2 Å². The van der Waals surface area contributed by atoms with Crippen LogP contribution in [-0.4, -0.2) is 137 Å². The average molecular weight is 877 g/mol. The highest BCUT2D eigenvalue weighted by atomic mass is 16.6. The van der Waals surface area contributed by atoms with Crippen molar-refractivity contribution >= 4 is 41.6 Å². The minimum absolute atomic E-state index is 0.0277. The van der Waals surface area contributed by atoms with Crippen LogP contribution in [0.15, 0.2) is 66.9 Å². The Bertz CT molecular complexity index is 2040. The molecule has 4 atom stereocenters. The minimum Gasteiger partial charge on any atom is -0.493 e. The fourth-order valence-corrected chi connectivity index (χ4v) is 8.00. The van der Waals surface area contributed by atoms with Gasteiger partial charge >= 0.3 is 12.2 Å². The van der Waals surface area contributed by atoms with Crippen LogP contribution in [0.1, 0.15) is 66.7 Å². The van der Waals surface area contributed by atoms with Gasteiger partial charge in [-0.05, 0) is 57.1 Å². The highest BCUT2D eigenvalue weighted by Crippen LogP contribution is 2.39. The number of hydrogen-bond acceptors (Lipinski definition) is 14. The fraction of sp³-hybridized carbons (Fsp3) is 0.489. The number of benzene rings is 2. The number of nitrogens with zero attached hydrogens (tertiary/aromatic N) is 4. The highest BCUT2D eigenvalue weighted by molar-refractivity contribution is 6.04. The van der Waals surface area contributed by atoms with Gasteiger partial charge in [-0.2, -0.15) is 0 Å². The summed E-state index contributed by atoms with van der Waals surface area (Å²) in [6, 6.07) is 5.64. The van der Waals surface area contributed by atoms with Crippen molar-refractivity contribution in [2.45, 2.75) is 63.8 Å². The van der Waals surface area contributed by atoms with Crippen LogP contribution in [0.25, 0.3) is 0 Å². The molecule has 4 amide bonds. The number of hydrogen-bond donors (Lipinski definition) is 2. The van der Waals surface area contributed by atoms with E-state index >= 15 is 0 Å². The lowest BCUT2D eigenvalue weighted by Crippen LogP contribution is -2.50. The number of carbonyl (C=O) groups is 4. The van der Waals surface area contributed by atoms with E-state index in [0.29, 0.717) is 55.9 Å². The smallest absolute Gasteiger partial charge is 0.412 e. The molecule has 0 aromatic heterocycles. The number of amides is 4. The van der Waals surface area contributed by atoms with Gasteiger partial charge < -0.3 is 53.5 Å². The van der Waals surface area contributed by atoms with Crippen molar-refractivity contribution in [2.24, 2.45) is 11.1 Å². The molecule has 0 aliphatic carbocycles. The zero-order chi connectivity index (χ0) is 45.7. The summed E-state index contributed by atoms with van der Waals surface area (Å²) >= 11 is 0. The summed E-state index contributed by atoms with van der Waals surface area (Å²) in [5.41, 5.74) is 7.33. The van der Waals surface area contributed by atoms with E-state index in [-0.39, 0.29) is 79.8 Å². The summed E-state index contributed by atoms with van der Waals surface area (Å²) in [5, 5.41) is 6.61. The molecule has 0 radical (unpaired) electrons. The van der Waals surface area contributed by atoms with E-state index in [0.717, 1.165) is 12.0 Å². The first-order valence-corrected chi connectivity index (χ1v) is 20.8. The molecule has 3 fully saturated rings. The summed E-state index contributed by atoms with van der Waals surface area (Å²) in [5.74, 6) is 0.889. The van der Waals surface area contributed by atoms with Gasteiger partial charge in [-0.3, -0.25) is 19.8 Å². The van der Waals surface area contributed by atoms with Crippen molar-refractivity contribution in [1.29, 1.82) is 0 Å². The molecule has 0 saturated carbocycles. The van der Waals surface area contributed by atoms with Gasteiger partial charge in [0.05, 0.1) is 75.2 Å². The topological polar surface area (TPSA) is 202 Å². The molecular formula is C45H60N6O12. The zero-order valence-electron chi connectivity index (χ0n) is 36.9. The molecule has 0 bridgehead atoms. The SMILES string of the molecule is C=CCOC(=O)Nc1cc(OCCCCCOc2cc(N)c(C(=O)N3CC(C)C[C@@]3(C)/C=N/OC)cc2OC)c(OC)cc1C(=O)N1CC(=C)C[C@H]1C1OCCN1C(=O)OCC=C. The Balaban J connectivity index is 1.23. The predicted octanol–water partition coefficient (Wildman–Crippen LogP) is 6.27. The second-order valence-corrected chi connectivity index (χ2v) is 15.7. The number of nitrogen functional groups attached to an aromatic ring is 1. The lowest BCUT2D eigenvalue weighted by Gasteiger charge is -2.33. The first-order chi connectivity index (χ1) is 30.3. The molecule has 3 N–H and O–H groups in total. The van der Waals surface area contributed by atoms with Crippen LogP contribution in [0.3, 0.4) is 0 Å². The molecule has 3 saturated heterocycles. The average Bonchev–Trinajstić information content (AvgIpc) is 3.99. The number of anilines is 2. The molecule has 2 unspecified atom stereocenters. The summed E-state index contributed by atoms with van der Waals surface area (Å²) in [7, 11) is 4.42. The lowest BCUT2D eigenvalue weighted by molar-refractivity contribution is -0.0194. The molecule has 342 valence electrons. The highest BCUT2D eigenvalue weighted by Gasteiger charge is 2.46. The van der Waals surface area contributed by atoms with Gasteiger partial charge in [-0.25, -0.2) is 9.59 Å². The third-order valence-electron chi connectivity index (χ3n) is 10.9. The molecule has 2 aromatic rings. The second kappa shape index (κ2) is 22.1. The van der Waals surface area contributed by atoms with Crippen molar-refractivity contribution in [2.75, 3.05) is 85.0 Å². The maximum absolute atomic E-state index is 14.4. The summed E-state index contributed by atoms with van der Waals surface area (Å²) in [6.45, 7) is 17.2. The third kappa shape index (κ3) is 11.5. The number of ether oxygens (including phenoxy) is 7. The zero-order valence-corrected chi connectivity index (χ0v) is 36.9. The van der Waals surface area contributed by atoms with Gasteiger partial charge in [-0.15, -0.1) is 0 Å². The van der Waals surface area contributed by atoms with Crippen LogP contribution in [0, 0.1) is 5.92 Å². The molecule has 63 heavy (non-hydrogen) atoms. The van der Waals surface area contributed by atoms with Crippen molar-refractivity contribution in [3.05, 3.63) is 72.9 Å². The van der Waals surface area contributed by atoms with Crippen molar-refractivity contribution in [1.82, 2.24) is 14.7 Å². The molecule has 18 nitrogen and oxygen atoms in total. The van der Waals surface area contributed by atoms with Gasteiger partial charge in [0.1, 0.15) is 20.3 Å². The monoisotopic (exact) mass is 876 g/mol. The van der Waals surface area contributed by atoms with Crippen LogP contribution >= 0.6 is 0 Å². The van der Waals surface area contributed by atoms with Crippen LogP contribution in [0.2, 0.25) is 0 Å². The van der Waals surface area contributed by atoms with E-state index in [1.807, 2.05) is 6.92 Å². The molecule has 5 rings (SSSR count). The van der Waals surface area contributed by atoms with E-state index in [2.05, 4.69) is 37.1 Å². The number of methoxy groups -OCH3 is 2. The van der Waals surface area contributed by atoms with Crippen molar-refractivity contribution < 1.29 is 57.2 Å². The van der Waals surface area contributed by atoms with Crippen molar-refractivity contribution in [3.8, 4) is 23.0 Å². The largest absolute Gasteiger partial charge is 0.493 e. The molecule has 2 aromatic carbocycles. The molecular weight excluding hydrogens is 817 g/mol. The van der Waals surface area contributed by atoms with Crippen LogP contribution < -0.4 is 30.0 Å². The number of oxime groups is 1. The lowest BCUT2D eigenvalue weighted by atomic mass is 9.96. The minimum atomic E-state index is -0.811. The Hall–Kier alpha value is -6.43. The van der Waals surface area contributed by atoms with Gasteiger partial charge in [0.25, 0.3) is 11.8 Å². The Kier molecular flexibility index (Phi) is 16.7. The van der Waals surface area contributed by atoms with Crippen LogP contribution in [0.5, 0.6) is 23.0 Å². The first kappa shape index (κ1) is 47.6. The Morgan fingerprint density at radius 3 is 2.21 bits per heavy atom. The quantitative estimate of drug-likeness (QED) is 0.0496. The van der Waals surface area contributed by atoms with E-state index in [9.17, 15) is 19.2 Å². The third-order valence-corrected chi connectivity index (χ3v) is 10.9. The fourth-order valence-electron chi connectivity index (χ4n) is 8.00. The van der Waals surface area contributed by atoms with Gasteiger partial charge in [-0.1, -0.05) is 49.5 Å². The standard InChI is InChI=1S/C45H60N6O12/c1-9-15-62-43(54)48-34-24-39(37(57-7)22-32(34)40(52)50-26-29(3)20-35(50)42-49(14-19-61-42)44(55)63-16-10-2)60-18-13-11-12-17-59-38-23-33(46)31(21-36(38)56-6)41(53)51-27-30(4)25-45(51,5)28-47-58-8/h9-10,21-24,28,30,35,42H,1-3,11-20,25-27,46H2,4-8H3,(H,48,54)/b47-28+/t30?,35-,42?,45-/m0/s1. The Labute approximate surface area is 368 Å². The van der Waals surface area contributed by atoms with Crippen molar-refractivity contribution in [3.63, 3.8) is 0 Å². The van der Waals surface area contributed by atoms with Crippen LogP contribution in [0.4, 0.5) is 21.0 Å². The maximum Gasteiger partial charge on any atom is 0.412 e. The summed E-state index contributed by atoms with van der Waals surface area (Å²) in [4.78, 5) is 63.5. The van der Waals surface area contributed by atoms with Gasteiger partial charge in [0, 0.05) is 30.9 Å². The van der Waals surface area contributed by atoms with Crippen LogP contribution in [-0.2, 0) is 19.0 Å². The number of unbranched alkanes of at least 4 members (excludes halogenated alkanes) is 2. The summed E-state index contributed by atoms with van der Waals surface area (Å²) in [6.07, 6.45) is 5.46. The van der Waals surface area contributed by atoms with E-state index in [1.54, 1.807) is 28.1 Å². The Morgan fingerprint density at radius 2 is 1.56 bits per heavy atom. The van der Waals surface area contributed by atoms with E-state index in [1.165, 1.54) is 50.5 Å². The second-order valence-electron chi connectivity index (χ2n) is 15.7. The molecule has 3 aliphatic heterocycles. The number of rotatable bonds is 20. The molecule has 18 heteroatoms. The normalized spacial score (nSPS) is 20.7. The number of likely N-dealkylation sites (tertiary alicyclic amines) is 2. The number of carbonyl (C=O) groups excluding carboxylic acids is 4. The predicted molar refractivity (Wildman–Crippen MR) is 236 cm³/mol. The first-order valence-electron chi connectivity index (χ1n) is 20.8. The molecule has 3 heterocycles. The number of nitrogens with one attached hydrogen (secondary N) is 1. The molecule has 3 aliphatic rings. The maximum atomic E-state index is 14.4. The summed E-state index contributed by atoms with van der Waals surface area (Å²) < 4.78 is 39.9. The van der Waals surface area contributed by atoms with E-state index in [4.69, 9.17) is 43.7 Å².